The summed E-state index contributed by atoms with van der Waals surface area (Å²) in [7, 11) is 3.53. The Bertz CT molecular complexity index is 403. The Kier molecular flexibility index (Phi) is 7.61. The number of carbonyl (C=O) groups excluding carboxylic acids is 2. The van der Waals surface area contributed by atoms with Crippen molar-refractivity contribution in [2.24, 2.45) is 11.3 Å². The topological polar surface area (TPSA) is 64.7 Å². The highest BCUT2D eigenvalue weighted by Crippen LogP contribution is 2.27. The quantitative estimate of drug-likeness (QED) is 0.809. The summed E-state index contributed by atoms with van der Waals surface area (Å²) in [6.45, 7) is 6.46. The molecule has 0 spiro atoms. The summed E-state index contributed by atoms with van der Waals surface area (Å²) >= 11 is 0. The molecule has 2 aliphatic heterocycles. The lowest BCUT2D eigenvalue weighted by Crippen LogP contribution is -2.48. The van der Waals surface area contributed by atoms with Gasteiger partial charge in [-0.1, -0.05) is 6.92 Å². The minimum Gasteiger partial charge on any atom is -0.355 e. The van der Waals surface area contributed by atoms with Crippen molar-refractivity contribution in [1.82, 2.24) is 20.4 Å². The predicted molar refractivity (Wildman–Crippen MR) is 93.8 cm³/mol. The zero-order valence-electron chi connectivity index (χ0n) is 14.6. The lowest BCUT2D eigenvalue weighted by Gasteiger charge is -2.36. The van der Waals surface area contributed by atoms with E-state index in [-0.39, 0.29) is 35.7 Å². The molecule has 2 N–H and O–H groups in total. The number of rotatable bonds is 3. The van der Waals surface area contributed by atoms with Gasteiger partial charge in [-0.2, -0.15) is 0 Å². The van der Waals surface area contributed by atoms with Crippen molar-refractivity contribution >= 4 is 24.3 Å². The van der Waals surface area contributed by atoms with Crippen LogP contribution < -0.4 is 10.6 Å². The highest BCUT2D eigenvalue weighted by atomic mass is 35.5. The minimum atomic E-state index is 0. The normalized spacial score (nSPS) is 21.3. The molecule has 2 rings (SSSR count). The maximum atomic E-state index is 12.4. The average molecular weight is 347 g/mol. The molecular weight excluding hydrogens is 316 g/mol. The number of halogens is 1. The molecule has 7 heteroatoms. The van der Waals surface area contributed by atoms with Gasteiger partial charge in [0.2, 0.25) is 5.91 Å². The number of hydrogen-bond donors (Lipinski definition) is 2. The van der Waals surface area contributed by atoms with Gasteiger partial charge < -0.3 is 20.4 Å². The first-order valence-electron chi connectivity index (χ1n) is 8.36. The molecule has 0 radical (unpaired) electrons. The number of piperidine rings is 2. The molecule has 2 heterocycles. The summed E-state index contributed by atoms with van der Waals surface area (Å²) < 4.78 is 0. The fourth-order valence-electron chi connectivity index (χ4n) is 3.27. The van der Waals surface area contributed by atoms with Crippen molar-refractivity contribution in [3.05, 3.63) is 0 Å². The van der Waals surface area contributed by atoms with Crippen LogP contribution in [0.2, 0.25) is 0 Å². The second-order valence-corrected chi connectivity index (χ2v) is 7.22. The van der Waals surface area contributed by atoms with E-state index in [0.29, 0.717) is 13.1 Å². The number of likely N-dealkylation sites (tertiary alicyclic amines) is 1. The Balaban J connectivity index is 0.00000264. The molecule has 2 fully saturated rings. The number of nitrogens with one attached hydrogen (secondary N) is 2. The first kappa shape index (κ1) is 20.0. The van der Waals surface area contributed by atoms with Gasteiger partial charge in [0.15, 0.2) is 0 Å². The molecule has 23 heavy (non-hydrogen) atoms. The second-order valence-electron chi connectivity index (χ2n) is 7.22. The van der Waals surface area contributed by atoms with Gasteiger partial charge in [-0.05, 0) is 44.2 Å². The van der Waals surface area contributed by atoms with Gasteiger partial charge in [-0.3, -0.25) is 4.79 Å². The van der Waals surface area contributed by atoms with Crippen molar-refractivity contribution in [3.8, 4) is 0 Å². The van der Waals surface area contributed by atoms with Crippen LogP contribution in [-0.2, 0) is 4.79 Å². The van der Waals surface area contributed by atoms with E-state index < -0.39 is 0 Å². The van der Waals surface area contributed by atoms with Crippen molar-refractivity contribution in [3.63, 3.8) is 0 Å². The third-order valence-electron chi connectivity index (χ3n) is 5.02. The largest absolute Gasteiger partial charge is 0.355 e. The van der Waals surface area contributed by atoms with Crippen LogP contribution in [0.1, 0.15) is 32.6 Å². The molecule has 6 nitrogen and oxygen atoms in total. The summed E-state index contributed by atoms with van der Waals surface area (Å²) in [4.78, 5) is 27.7. The lowest BCUT2D eigenvalue weighted by atomic mass is 9.81. The standard InChI is InChI=1S/C16H30N4O2.ClH/c1-16(6-8-17-9-7-16)12-18-14(21)13-4-10-20(11-5-13)15(22)19(2)3;/h13,17H,4-12H2,1-3H3,(H,18,21);1H. The van der Waals surface area contributed by atoms with Crippen molar-refractivity contribution in [1.29, 1.82) is 0 Å². The third kappa shape index (κ3) is 5.53. The monoisotopic (exact) mass is 346 g/mol. The summed E-state index contributed by atoms with van der Waals surface area (Å²) in [5.41, 5.74) is 0.225. The number of amides is 3. The highest BCUT2D eigenvalue weighted by molar-refractivity contribution is 5.85. The van der Waals surface area contributed by atoms with E-state index in [1.165, 1.54) is 0 Å². The van der Waals surface area contributed by atoms with E-state index in [1.807, 2.05) is 4.90 Å². The molecule has 0 unspecified atom stereocenters. The molecule has 134 valence electrons. The first-order chi connectivity index (χ1) is 10.4. The fourth-order valence-corrected chi connectivity index (χ4v) is 3.27. The summed E-state index contributed by atoms with van der Waals surface area (Å²) in [5, 5.41) is 6.51. The summed E-state index contributed by atoms with van der Waals surface area (Å²) in [6.07, 6.45) is 3.76. The van der Waals surface area contributed by atoms with Gasteiger partial charge in [0.05, 0.1) is 0 Å². The Morgan fingerprint density at radius 3 is 2.30 bits per heavy atom. The summed E-state index contributed by atoms with van der Waals surface area (Å²) in [5.74, 6) is 0.216. The molecule has 0 aliphatic carbocycles. The van der Waals surface area contributed by atoms with Crippen molar-refractivity contribution in [2.45, 2.75) is 32.6 Å². The second kappa shape index (κ2) is 8.73. The Morgan fingerprint density at radius 2 is 1.78 bits per heavy atom. The van der Waals surface area contributed by atoms with Crippen LogP contribution in [0.5, 0.6) is 0 Å². The van der Waals surface area contributed by atoms with E-state index >= 15 is 0 Å². The maximum absolute atomic E-state index is 12.4. The molecule has 3 amide bonds. The molecule has 2 saturated heterocycles. The van der Waals surface area contributed by atoms with Crippen LogP contribution in [0.15, 0.2) is 0 Å². The van der Waals surface area contributed by atoms with Gasteiger partial charge in [0.25, 0.3) is 0 Å². The first-order valence-corrected chi connectivity index (χ1v) is 8.36. The van der Waals surface area contributed by atoms with Crippen LogP contribution >= 0.6 is 12.4 Å². The summed E-state index contributed by atoms with van der Waals surface area (Å²) in [6, 6.07) is 0.0427. The van der Waals surface area contributed by atoms with E-state index in [1.54, 1.807) is 19.0 Å². The number of nitrogens with zero attached hydrogens (tertiary/aromatic N) is 2. The van der Waals surface area contributed by atoms with E-state index in [0.717, 1.165) is 45.3 Å². The van der Waals surface area contributed by atoms with Gasteiger partial charge in [-0.15, -0.1) is 12.4 Å². The minimum absolute atomic E-state index is 0. The van der Waals surface area contributed by atoms with Gasteiger partial charge in [0, 0.05) is 39.6 Å². The molecule has 2 aliphatic rings. The molecule has 0 atom stereocenters. The average Bonchev–Trinajstić information content (AvgIpc) is 2.53. The highest BCUT2D eigenvalue weighted by Gasteiger charge is 2.31. The van der Waals surface area contributed by atoms with Crippen LogP contribution in [0.25, 0.3) is 0 Å². The van der Waals surface area contributed by atoms with Crippen LogP contribution in [-0.4, -0.2) is 68.6 Å². The molecule has 0 saturated carbocycles. The number of urea groups is 1. The molecule has 0 aromatic carbocycles. The number of hydrogen-bond acceptors (Lipinski definition) is 3. The molecular formula is C16H31ClN4O2. The van der Waals surface area contributed by atoms with Gasteiger partial charge in [-0.25, -0.2) is 4.79 Å². The van der Waals surface area contributed by atoms with Gasteiger partial charge in [0.1, 0.15) is 0 Å². The molecule has 0 aromatic heterocycles. The molecule has 0 aromatic rings. The van der Waals surface area contributed by atoms with Crippen LogP contribution in [0, 0.1) is 11.3 Å². The van der Waals surface area contributed by atoms with E-state index in [2.05, 4.69) is 17.6 Å². The zero-order chi connectivity index (χ0) is 16.2. The third-order valence-corrected chi connectivity index (χ3v) is 5.02. The van der Waals surface area contributed by atoms with Gasteiger partial charge >= 0.3 is 6.03 Å². The zero-order valence-corrected chi connectivity index (χ0v) is 15.4. The Labute approximate surface area is 145 Å². The SMILES string of the molecule is CN(C)C(=O)N1CCC(C(=O)NCC2(C)CCNCC2)CC1.Cl. The van der Waals surface area contributed by atoms with E-state index in [9.17, 15) is 9.59 Å². The Hall–Kier alpha value is -1.01. The fraction of sp³-hybridized carbons (Fsp3) is 0.875. The van der Waals surface area contributed by atoms with E-state index in [4.69, 9.17) is 0 Å². The van der Waals surface area contributed by atoms with Crippen molar-refractivity contribution < 1.29 is 9.59 Å². The van der Waals surface area contributed by atoms with Crippen LogP contribution in [0.4, 0.5) is 4.79 Å². The molecule has 0 bridgehead atoms. The smallest absolute Gasteiger partial charge is 0.319 e. The Morgan fingerprint density at radius 1 is 1.22 bits per heavy atom. The number of carbonyl (C=O) groups is 2. The van der Waals surface area contributed by atoms with Crippen molar-refractivity contribution in [2.75, 3.05) is 46.8 Å². The maximum Gasteiger partial charge on any atom is 0.319 e. The lowest BCUT2D eigenvalue weighted by molar-refractivity contribution is -0.126. The van der Waals surface area contributed by atoms with Crippen LogP contribution in [0.3, 0.4) is 0 Å². The predicted octanol–water partition coefficient (Wildman–Crippen LogP) is 1.31.